The van der Waals surface area contributed by atoms with Crippen LogP contribution in [0.2, 0.25) is 0 Å². The van der Waals surface area contributed by atoms with Crippen molar-refractivity contribution in [2.24, 2.45) is 46.1 Å². The van der Waals surface area contributed by atoms with E-state index in [0.717, 1.165) is 25.7 Å². The van der Waals surface area contributed by atoms with Crippen molar-refractivity contribution in [2.45, 2.75) is 306 Å². The van der Waals surface area contributed by atoms with E-state index in [9.17, 15) is 72.2 Å². The van der Waals surface area contributed by atoms with Gasteiger partial charge in [-0.25, -0.2) is 9.97 Å². The first-order chi connectivity index (χ1) is 56.0. The molecule has 0 saturated heterocycles. The smallest absolute Gasteiger partial charge is 0.245 e. The Morgan fingerprint density at radius 1 is 0.385 bits per heavy atom. The molecule has 0 saturated carbocycles. The summed E-state index contributed by atoms with van der Waals surface area (Å²) in [5.74, 6) is -12.4. The van der Waals surface area contributed by atoms with Crippen molar-refractivity contribution < 1.29 is 72.2 Å². The van der Waals surface area contributed by atoms with E-state index in [0.29, 0.717) is 69.3 Å². The third-order valence-corrected chi connectivity index (χ3v) is 19.4. The lowest BCUT2D eigenvalue weighted by atomic mass is 10.0. The number of primary amides is 2. The molecule has 14 amide bonds. The number of guanidine groups is 1. The molecule has 40 heteroatoms. The Balaban J connectivity index is 2.38. The molecule has 0 bridgehead atoms. The number of aliphatic hydroxyl groups excluding tert-OH is 1. The predicted molar refractivity (Wildman–Crippen MR) is 440 cm³/mol. The van der Waals surface area contributed by atoms with Crippen LogP contribution in [0.4, 0.5) is 0 Å². The highest BCUT2D eigenvalue weighted by Gasteiger charge is 2.36. The molecule has 11 atom stereocenters. The van der Waals surface area contributed by atoms with Gasteiger partial charge in [-0.1, -0.05) is 97.8 Å². The molecule has 117 heavy (non-hydrogen) atoms. The monoisotopic (exact) mass is 1650 g/mol. The summed E-state index contributed by atoms with van der Waals surface area (Å²) in [6.07, 6.45) is 22.1. The third kappa shape index (κ3) is 46.0. The van der Waals surface area contributed by atoms with E-state index in [-0.39, 0.29) is 103 Å². The number of rotatable bonds is 68. The SMILES string of the molecule is CCCCCCCCCCCCCCCC(=O)N[C@@H](Cc1cnc[nH]1)C(=O)N[C@@H](CO)C(=O)N[C@@H](CCCCN)C(=O)NCC(=O)N[C@@H](Cc1cnc[nH]1)C(=O)N[C@@H](CCC(N)=O)C(=O)N[C@@H](CCCCN)C(=O)N[C@@H](CCCNC(=N)N)C(=O)N[C@@H](CCCCN)C(=O)N[C@@H](C)C(=O)N[C@@H](CC(C)C)C(=O)N[C@@H](CCCCN)C(N)=O. The first-order valence-corrected chi connectivity index (χ1v) is 41.6. The number of amides is 14. The molecule has 0 aromatic carbocycles. The number of carbonyl (C=O) groups is 14. The zero-order valence-corrected chi connectivity index (χ0v) is 69.1. The van der Waals surface area contributed by atoms with Crippen LogP contribution in [0.5, 0.6) is 0 Å². The third-order valence-electron chi connectivity index (χ3n) is 19.4. The summed E-state index contributed by atoms with van der Waals surface area (Å²) in [7, 11) is 0. The van der Waals surface area contributed by atoms with Gasteiger partial charge < -0.3 is 124 Å². The minimum Gasteiger partial charge on any atom is -0.394 e. The van der Waals surface area contributed by atoms with Crippen molar-refractivity contribution in [3.8, 4) is 0 Å². The maximum atomic E-state index is 14.7. The van der Waals surface area contributed by atoms with Crippen molar-refractivity contribution in [1.29, 1.82) is 5.41 Å². The lowest BCUT2D eigenvalue weighted by molar-refractivity contribution is -0.136. The fourth-order valence-electron chi connectivity index (χ4n) is 12.7. The number of nitrogens with zero attached hydrogens (tertiary/aromatic N) is 2. The van der Waals surface area contributed by atoms with Gasteiger partial charge in [-0.05, 0) is 148 Å². The number of nitrogens with one attached hydrogen (secondary N) is 16. The van der Waals surface area contributed by atoms with Crippen LogP contribution in [0, 0.1) is 11.3 Å². The van der Waals surface area contributed by atoms with E-state index >= 15 is 0 Å². The van der Waals surface area contributed by atoms with Gasteiger partial charge in [0.05, 0.1) is 25.8 Å². The number of imidazole rings is 2. The average Bonchev–Trinajstić information content (AvgIpc) is 1.89. The topological polar surface area (TPSA) is 679 Å². The Bertz CT molecular complexity index is 3300. The summed E-state index contributed by atoms with van der Waals surface area (Å²) in [5, 5.41) is 51.9. The highest BCUT2D eigenvalue weighted by molar-refractivity contribution is 5.99. The molecule has 0 spiro atoms. The number of aliphatic hydroxyl groups is 1. The number of aromatic amines is 2. The lowest BCUT2D eigenvalue weighted by Gasteiger charge is -2.28. The van der Waals surface area contributed by atoms with Gasteiger partial charge in [-0.15, -0.1) is 0 Å². The number of aromatic nitrogens is 4. The second-order valence-corrected chi connectivity index (χ2v) is 30.1. The van der Waals surface area contributed by atoms with Gasteiger partial charge in [0.15, 0.2) is 5.96 Å². The molecule has 2 aromatic rings. The van der Waals surface area contributed by atoms with Crippen LogP contribution >= 0.6 is 0 Å². The van der Waals surface area contributed by atoms with E-state index in [4.69, 9.17) is 45.5 Å². The Morgan fingerprint density at radius 3 is 1.15 bits per heavy atom. The average molecular weight is 1660 g/mol. The highest BCUT2D eigenvalue weighted by Crippen LogP contribution is 2.16. The molecule has 2 heterocycles. The van der Waals surface area contributed by atoms with Crippen LogP contribution in [0.3, 0.4) is 0 Å². The van der Waals surface area contributed by atoms with Crippen LogP contribution in [0.15, 0.2) is 25.0 Å². The van der Waals surface area contributed by atoms with Gasteiger partial charge in [0.25, 0.3) is 0 Å². The summed E-state index contributed by atoms with van der Waals surface area (Å²) < 4.78 is 0. The second kappa shape index (κ2) is 61.4. The van der Waals surface area contributed by atoms with Crippen LogP contribution in [0.1, 0.15) is 238 Å². The van der Waals surface area contributed by atoms with Gasteiger partial charge in [0.2, 0.25) is 82.7 Å². The van der Waals surface area contributed by atoms with Crippen LogP contribution in [0.25, 0.3) is 0 Å². The molecule has 0 aliphatic rings. The molecule has 0 fully saturated rings. The summed E-state index contributed by atoms with van der Waals surface area (Å²) in [6.45, 7) is 6.44. The van der Waals surface area contributed by atoms with Gasteiger partial charge in [0, 0.05) is 56.0 Å². The zero-order chi connectivity index (χ0) is 86.9. The lowest BCUT2D eigenvalue weighted by Crippen LogP contribution is -2.60. The number of unbranched alkanes of at least 4 members (excludes halogenated alkanes) is 16. The maximum absolute atomic E-state index is 14.7. The molecule has 0 aliphatic heterocycles. The largest absolute Gasteiger partial charge is 0.394 e. The highest BCUT2D eigenvalue weighted by atomic mass is 16.3. The molecule has 2 rings (SSSR count). The molecule has 31 N–H and O–H groups in total. The Morgan fingerprint density at radius 2 is 0.744 bits per heavy atom. The number of carbonyl (C=O) groups excluding carboxylic acids is 14. The van der Waals surface area contributed by atoms with Crippen molar-refractivity contribution in [1.82, 2.24) is 89.1 Å². The summed E-state index contributed by atoms with van der Waals surface area (Å²) in [6, 6.07) is -15.2. The minimum atomic E-state index is -1.65. The minimum absolute atomic E-state index is 0.0124. The van der Waals surface area contributed by atoms with E-state index in [1.807, 2.05) is 13.8 Å². The van der Waals surface area contributed by atoms with Crippen LogP contribution < -0.4 is 109 Å². The van der Waals surface area contributed by atoms with Gasteiger partial charge >= 0.3 is 0 Å². The molecule has 0 aliphatic carbocycles. The molecule has 0 unspecified atom stereocenters. The Kier molecular flexibility index (Phi) is 54.2. The molecular formula is C77H139N25O15. The van der Waals surface area contributed by atoms with E-state index in [1.54, 1.807) is 0 Å². The van der Waals surface area contributed by atoms with Crippen LogP contribution in [-0.4, -0.2) is 226 Å². The van der Waals surface area contributed by atoms with Gasteiger partial charge in [-0.3, -0.25) is 72.5 Å². The summed E-state index contributed by atoms with van der Waals surface area (Å²) in [4.78, 5) is 207. The second-order valence-electron chi connectivity index (χ2n) is 30.1. The zero-order valence-electron chi connectivity index (χ0n) is 69.1. The summed E-state index contributed by atoms with van der Waals surface area (Å²) >= 11 is 0. The first-order valence-electron chi connectivity index (χ1n) is 41.6. The summed E-state index contributed by atoms with van der Waals surface area (Å²) in [5.41, 5.74) is 40.5. The Hall–Kier alpha value is -9.93. The first kappa shape index (κ1) is 103. The standard InChI is InChI=1S/C77H139N25O15/c1-5-6-7-8-9-10-11-12-13-14-15-16-17-32-64(105)93-60(41-51-43-86-47-90-51)75(116)102-62(46-103)76(117)96-54(28-19-23-36-79)68(109)89-45-65(106)94-61(42-52-44-87-48-91-52)74(115)100-58(33-34-63(82)104)72(113)98-56(30-21-25-38-81)70(111)99-57(31-26-39-88-77(84)85)71(112)97-55(29-20-24-37-80)69(110)92-50(4)67(108)101-59(40-49(2)3)73(114)95-53(66(83)107)27-18-22-35-78/h43-44,47-50,53-62,103H,5-42,45-46,78-81H2,1-4H3,(H2,82,104)(H2,83,107)(H,86,90)(H,87,91)(H,89,109)(H,92,110)(H,93,105)(H,94,106)(H,95,114)(H,96,117)(H,97,112)(H,98,113)(H,99,111)(H,100,115)(H,101,108)(H,102,116)(H4,84,85,88)/t50-,53-,54-,55-,56-,57-,58-,59-,60-,61-,62-/m0/s1. The normalized spacial score (nSPS) is 14.0. The number of nitrogens with two attached hydrogens (primary N) is 7. The van der Waals surface area contributed by atoms with E-state index in [1.165, 1.54) is 83.3 Å². The van der Waals surface area contributed by atoms with Crippen molar-refractivity contribution in [2.75, 3.05) is 45.9 Å². The molecule has 662 valence electrons. The van der Waals surface area contributed by atoms with E-state index in [2.05, 4.69) is 96.0 Å². The molecular weight excluding hydrogens is 1520 g/mol. The van der Waals surface area contributed by atoms with Crippen molar-refractivity contribution in [3.05, 3.63) is 36.4 Å². The number of H-pyrrole nitrogens is 2. The van der Waals surface area contributed by atoms with Crippen LogP contribution in [-0.2, 0) is 80.0 Å². The van der Waals surface area contributed by atoms with Gasteiger partial charge in [-0.2, -0.15) is 0 Å². The van der Waals surface area contributed by atoms with E-state index < -0.39 is 181 Å². The fraction of sp³-hybridized carbons (Fsp3) is 0.727. The maximum Gasteiger partial charge on any atom is 0.245 e. The molecule has 0 radical (unpaired) electrons. The fourth-order valence-corrected chi connectivity index (χ4v) is 12.7. The molecule has 40 nitrogen and oxygen atoms in total. The molecule has 2 aromatic heterocycles. The van der Waals surface area contributed by atoms with Crippen molar-refractivity contribution in [3.63, 3.8) is 0 Å². The number of hydrogen-bond donors (Lipinski definition) is 24. The van der Waals surface area contributed by atoms with Crippen molar-refractivity contribution >= 4 is 88.7 Å². The quantitative estimate of drug-likeness (QED) is 0.0184. The predicted octanol–water partition coefficient (Wildman–Crippen LogP) is -2.56. The Labute approximate surface area is 687 Å². The van der Waals surface area contributed by atoms with Gasteiger partial charge in [0.1, 0.15) is 66.5 Å². The number of hydrogen-bond acceptors (Lipinski definition) is 22.